The monoisotopic (exact) mass is 340 g/mol. The second kappa shape index (κ2) is 5.28. The normalized spacial score (nSPS) is 48.9. The number of esters is 2. The molecule has 0 amide bonds. The van der Waals surface area contributed by atoms with Gasteiger partial charge in [-0.1, -0.05) is 0 Å². The number of hydrogen-bond donors (Lipinski definition) is 2. The quantitative estimate of drug-likeness (QED) is 0.359. The first-order valence-electron chi connectivity index (χ1n) is 8.36. The van der Waals surface area contributed by atoms with Gasteiger partial charge >= 0.3 is 11.9 Å². The lowest BCUT2D eigenvalue weighted by atomic mass is 9.76. The predicted molar refractivity (Wildman–Crippen MR) is 83.7 cm³/mol. The van der Waals surface area contributed by atoms with Gasteiger partial charge in [0.1, 0.15) is 12.2 Å². The Bertz CT molecular complexity index is 610. The number of aliphatic hydroxyl groups is 2. The number of carbonyl (C=O) groups is 2. The van der Waals surface area contributed by atoms with Crippen LogP contribution in [0.1, 0.15) is 27.2 Å². The second-order valence-corrected chi connectivity index (χ2v) is 7.89. The summed E-state index contributed by atoms with van der Waals surface area (Å²) in [4.78, 5) is 24.9. The number of hydrogen-bond acceptors (Lipinski definition) is 6. The predicted octanol–water partition coefficient (Wildman–Crippen LogP) is -0.248. The Morgan fingerprint density at radius 1 is 1.29 bits per heavy atom. The zero-order valence-corrected chi connectivity index (χ0v) is 14.6. The molecule has 24 heavy (non-hydrogen) atoms. The highest BCUT2D eigenvalue weighted by Gasteiger charge is 2.58. The van der Waals surface area contributed by atoms with Crippen molar-refractivity contribution in [2.45, 2.75) is 50.5 Å². The van der Waals surface area contributed by atoms with E-state index in [1.807, 2.05) is 6.08 Å². The zero-order chi connectivity index (χ0) is 17.9. The number of rotatable bonds is 0. The van der Waals surface area contributed by atoms with Crippen LogP contribution in [-0.2, 0) is 19.1 Å². The van der Waals surface area contributed by atoms with Crippen molar-refractivity contribution in [3.8, 4) is 0 Å². The first-order valence-corrected chi connectivity index (χ1v) is 8.36. The van der Waals surface area contributed by atoms with Crippen LogP contribution in [0.5, 0.6) is 0 Å². The van der Waals surface area contributed by atoms with Crippen molar-refractivity contribution < 1.29 is 33.8 Å². The van der Waals surface area contributed by atoms with Gasteiger partial charge < -0.3 is 24.2 Å². The molecule has 0 aromatic carbocycles. The second-order valence-electron chi connectivity index (χ2n) is 7.89. The van der Waals surface area contributed by atoms with Crippen molar-refractivity contribution in [1.82, 2.24) is 0 Å². The summed E-state index contributed by atoms with van der Waals surface area (Å²) in [5, 5.41) is 21.2. The molecular formula is C17H26NO6+. The largest absolute Gasteiger partial charge is 0.459 e. The average Bonchev–Trinajstić information content (AvgIpc) is 2.99. The summed E-state index contributed by atoms with van der Waals surface area (Å²) in [6, 6.07) is -0.0399. The molecule has 3 rings (SSSR count). The van der Waals surface area contributed by atoms with Crippen LogP contribution in [0, 0.1) is 5.92 Å². The molecule has 0 radical (unpaired) electrons. The van der Waals surface area contributed by atoms with Crippen molar-refractivity contribution in [3.05, 3.63) is 11.6 Å². The summed E-state index contributed by atoms with van der Waals surface area (Å²) in [7, 11) is 2.10. The average molecular weight is 340 g/mol. The van der Waals surface area contributed by atoms with Gasteiger partial charge in [0.25, 0.3) is 0 Å². The number of cyclic esters (lactones) is 1. The molecule has 0 bridgehead atoms. The molecular weight excluding hydrogens is 314 g/mol. The van der Waals surface area contributed by atoms with E-state index in [1.54, 1.807) is 0 Å². The van der Waals surface area contributed by atoms with E-state index >= 15 is 0 Å². The third kappa shape index (κ3) is 2.29. The molecule has 0 aromatic heterocycles. The van der Waals surface area contributed by atoms with E-state index in [0.717, 1.165) is 29.6 Å². The highest BCUT2D eigenvalue weighted by molar-refractivity contribution is 5.83. The first-order chi connectivity index (χ1) is 11.0. The lowest BCUT2D eigenvalue weighted by Gasteiger charge is -2.39. The molecule has 7 nitrogen and oxygen atoms in total. The lowest BCUT2D eigenvalue weighted by Crippen LogP contribution is -2.61. The number of quaternary nitrogens is 1. The van der Waals surface area contributed by atoms with Crippen LogP contribution in [0.25, 0.3) is 0 Å². The molecule has 0 spiro atoms. The van der Waals surface area contributed by atoms with Gasteiger partial charge in [0, 0.05) is 12.0 Å². The Hall–Kier alpha value is -1.44. The summed E-state index contributed by atoms with van der Waals surface area (Å²) >= 11 is 0. The van der Waals surface area contributed by atoms with E-state index in [2.05, 4.69) is 7.05 Å². The van der Waals surface area contributed by atoms with Gasteiger partial charge in [-0.3, -0.25) is 4.79 Å². The molecule has 2 fully saturated rings. The molecule has 1 unspecified atom stereocenters. The van der Waals surface area contributed by atoms with Gasteiger partial charge in [-0.15, -0.1) is 0 Å². The van der Waals surface area contributed by atoms with Crippen LogP contribution in [0.15, 0.2) is 11.6 Å². The SMILES string of the molecule is C[C@H]1C(=O)O[C@@H]2CC[N+]3(C)CC=C(COC(=O)[C@](C)(O)[C@]1(C)O)[C@H]23. The van der Waals surface area contributed by atoms with Crippen LogP contribution in [0.2, 0.25) is 0 Å². The topological polar surface area (TPSA) is 93.1 Å². The summed E-state index contributed by atoms with van der Waals surface area (Å²) in [5.41, 5.74) is -3.32. The molecule has 7 heteroatoms. The Labute approximate surface area is 141 Å². The standard InChI is InChI=1S/C17H26NO6/c1-10-14(19)24-12-6-8-18(4)7-5-11(13(12)18)9-23-15(20)17(3,22)16(10,2)21/h5,10,12-13,21-22H,6-9H2,1-4H3/q+1/t10-,12+,13+,16+,17-,18?/m0/s1. The van der Waals surface area contributed by atoms with E-state index in [0.29, 0.717) is 0 Å². The summed E-state index contributed by atoms with van der Waals surface area (Å²) in [5.74, 6) is -2.63. The Morgan fingerprint density at radius 2 is 1.96 bits per heavy atom. The molecule has 3 aliphatic rings. The molecule has 0 aliphatic carbocycles. The fourth-order valence-corrected chi connectivity index (χ4v) is 4.08. The van der Waals surface area contributed by atoms with E-state index in [4.69, 9.17) is 9.47 Å². The molecule has 2 saturated heterocycles. The minimum Gasteiger partial charge on any atom is -0.459 e. The van der Waals surface area contributed by atoms with Crippen molar-refractivity contribution >= 4 is 11.9 Å². The molecule has 2 N–H and O–H groups in total. The fraction of sp³-hybridized carbons (Fsp3) is 0.765. The number of likely N-dealkylation sites (N-methyl/N-ethyl adjacent to an activating group) is 1. The maximum Gasteiger partial charge on any atom is 0.341 e. The van der Waals surface area contributed by atoms with E-state index < -0.39 is 29.1 Å². The van der Waals surface area contributed by atoms with Crippen LogP contribution < -0.4 is 0 Å². The summed E-state index contributed by atoms with van der Waals surface area (Å²) < 4.78 is 11.7. The highest BCUT2D eigenvalue weighted by atomic mass is 16.6. The van der Waals surface area contributed by atoms with E-state index in [1.165, 1.54) is 20.8 Å². The minimum atomic E-state index is -2.22. The van der Waals surface area contributed by atoms with Crippen molar-refractivity contribution in [2.75, 3.05) is 26.7 Å². The molecule has 3 heterocycles. The van der Waals surface area contributed by atoms with Gasteiger partial charge in [0.2, 0.25) is 0 Å². The van der Waals surface area contributed by atoms with Crippen molar-refractivity contribution in [1.29, 1.82) is 0 Å². The highest BCUT2D eigenvalue weighted by Crippen LogP contribution is 2.39. The van der Waals surface area contributed by atoms with Gasteiger partial charge in [-0.05, 0) is 26.8 Å². The smallest absolute Gasteiger partial charge is 0.341 e. The summed E-state index contributed by atoms with van der Waals surface area (Å²) in [6.07, 6.45) is 2.44. The van der Waals surface area contributed by atoms with E-state index in [9.17, 15) is 19.8 Å². The number of nitrogens with zero attached hydrogens (tertiary/aromatic N) is 1. The van der Waals surface area contributed by atoms with Crippen LogP contribution in [-0.4, -0.2) is 76.7 Å². The Kier molecular flexibility index (Phi) is 3.82. The van der Waals surface area contributed by atoms with Crippen LogP contribution >= 0.6 is 0 Å². The van der Waals surface area contributed by atoms with Crippen molar-refractivity contribution in [2.24, 2.45) is 5.92 Å². The number of ether oxygens (including phenoxy) is 2. The molecule has 0 saturated carbocycles. The minimum absolute atomic E-state index is 0.0337. The molecule has 0 aromatic rings. The van der Waals surface area contributed by atoms with Gasteiger partial charge in [-0.2, -0.15) is 0 Å². The summed E-state index contributed by atoms with van der Waals surface area (Å²) in [6.45, 7) is 5.59. The Morgan fingerprint density at radius 3 is 2.62 bits per heavy atom. The van der Waals surface area contributed by atoms with Gasteiger partial charge in [0.05, 0.1) is 26.1 Å². The van der Waals surface area contributed by atoms with E-state index in [-0.39, 0.29) is 18.8 Å². The number of carbonyl (C=O) groups excluding carboxylic acids is 2. The fourth-order valence-electron chi connectivity index (χ4n) is 4.08. The third-order valence-electron chi connectivity index (χ3n) is 6.32. The molecule has 134 valence electrons. The first kappa shape index (κ1) is 17.4. The van der Waals surface area contributed by atoms with Gasteiger partial charge in [0.15, 0.2) is 17.7 Å². The molecule has 3 aliphatic heterocycles. The maximum atomic E-state index is 12.6. The third-order valence-corrected chi connectivity index (χ3v) is 6.32. The zero-order valence-electron chi connectivity index (χ0n) is 14.6. The Balaban J connectivity index is 1.99. The van der Waals surface area contributed by atoms with Gasteiger partial charge in [-0.25, -0.2) is 4.79 Å². The van der Waals surface area contributed by atoms with Crippen LogP contribution in [0.3, 0.4) is 0 Å². The van der Waals surface area contributed by atoms with Crippen molar-refractivity contribution in [3.63, 3.8) is 0 Å². The maximum absolute atomic E-state index is 12.6. The lowest BCUT2D eigenvalue weighted by molar-refractivity contribution is -0.906. The van der Waals surface area contributed by atoms with Crippen LogP contribution in [0.4, 0.5) is 0 Å². The molecule has 6 atom stereocenters.